The Kier molecular flexibility index (Phi) is 6.61. The number of nitrogens with zero attached hydrogens (tertiary/aromatic N) is 1. The molecule has 0 amide bonds. The molecule has 90 valence electrons. The van der Waals surface area contributed by atoms with Crippen molar-refractivity contribution in [2.24, 2.45) is 0 Å². The van der Waals surface area contributed by atoms with E-state index < -0.39 is 0 Å². The second-order valence-electron chi connectivity index (χ2n) is 3.73. The van der Waals surface area contributed by atoms with Gasteiger partial charge < -0.3 is 10.1 Å². The number of aromatic nitrogens is 1. The topological polar surface area (TPSA) is 34.1 Å². The minimum atomic E-state index is 0.334. The summed E-state index contributed by atoms with van der Waals surface area (Å²) in [7, 11) is 1.96. The molecule has 0 aliphatic rings. The van der Waals surface area contributed by atoms with Crippen LogP contribution in [0.2, 0.25) is 0 Å². The van der Waals surface area contributed by atoms with Crippen molar-refractivity contribution in [3.63, 3.8) is 0 Å². The van der Waals surface area contributed by atoms with Crippen molar-refractivity contribution in [3.05, 3.63) is 28.5 Å². The first-order chi connectivity index (χ1) is 7.76. The van der Waals surface area contributed by atoms with Crippen molar-refractivity contribution in [2.75, 3.05) is 20.3 Å². The summed E-state index contributed by atoms with van der Waals surface area (Å²) in [5.74, 6) is 0. The molecule has 1 heterocycles. The molecule has 1 atom stereocenters. The summed E-state index contributed by atoms with van der Waals surface area (Å²) >= 11 is 3.38. The molecule has 1 unspecified atom stereocenters. The van der Waals surface area contributed by atoms with Gasteiger partial charge in [0.2, 0.25) is 0 Å². The molecule has 1 aromatic rings. The van der Waals surface area contributed by atoms with Gasteiger partial charge >= 0.3 is 0 Å². The first kappa shape index (κ1) is 13.6. The molecule has 0 aliphatic heterocycles. The number of hydrogen-bond donors (Lipinski definition) is 1. The summed E-state index contributed by atoms with van der Waals surface area (Å²) in [6.07, 6.45) is 3.79. The van der Waals surface area contributed by atoms with Crippen LogP contribution < -0.4 is 5.32 Å². The van der Waals surface area contributed by atoms with Gasteiger partial charge in [-0.25, -0.2) is 0 Å². The van der Waals surface area contributed by atoms with E-state index in [0.717, 1.165) is 36.2 Å². The molecule has 0 aromatic carbocycles. The molecular weight excluding hydrogens is 268 g/mol. The van der Waals surface area contributed by atoms with Gasteiger partial charge in [0.1, 0.15) is 0 Å². The molecule has 0 fully saturated rings. The first-order valence-electron chi connectivity index (χ1n) is 5.61. The van der Waals surface area contributed by atoms with Crippen molar-refractivity contribution in [1.82, 2.24) is 10.3 Å². The van der Waals surface area contributed by atoms with E-state index in [1.165, 1.54) is 0 Å². The van der Waals surface area contributed by atoms with Crippen LogP contribution in [-0.2, 0) is 11.2 Å². The number of likely N-dealkylation sites (N-methyl/N-ethyl adjacent to an activating group) is 1. The number of rotatable bonds is 7. The molecule has 0 spiro atoms. The minimum absolute atomic E-state index is 0.334. The molecule has 1 N–H and O–H groups in total. The Bertz CT molecular complexity index is 290. The molecule has 4 heteroatoms. The zero-order valence-electron chi connectivity index (χ0n) is 9.87. The third-order valence-corrected chi connectivity index (χ3v) is 2.79. The summed E-state index contributed by atoms with van der Waals surface area (Å²) in [6.45, 7) is 3.68. The van der Waals surface area contributed by atoms with Crippen LogP contribution in [0.15, 0.2) is 22.8 Å². The highest BCUT2D eigenvalue weighted by Crippen LogP contribution is 2.08. The van der Waals surface area contributed by atoms with E-state index in [1.54, 1.807) is 0 Å². The zero-order chi connectivity index (χ0) is 11.8. The summed E-state index contributed by atoms with van der Waals surface area (Å²) in [5.41, 5.74) is 1.09. The summed E-state index contributed by atoms with van der Waals surface area (Å²) in [6, 6.07) is 4.39. The Hall–Kier alpha value is -0.450. The summed E-state index contributed by atoms with van der Waals surface area (Å²) in [5, 5.41) is 3.25. The van der Waals surface area contributed by atoms with E-state index in [9.17, 15) is 0 Å². The van der Waals surface area contributed by atoms with Crippen molar-refractivity contribution in [2.45, 2.75) is 25.8 Å². The van der Waals surface area contributed by atoms with E-state index in [0.29, 0.717) is 6.04 Å². The average molecular weight is 287 g/mol. The van der Waals surface area contributed by atoms with Gasteiger partial charge in [0.25, 0.3) is 0 Å². The fraction of sp³-hybridized carbons (Fsp3) is 0.583. The van der Waals surface area contributed by atoms with Crippen LogP contribution in [0.1, 0.15) is 19.0 Å². The number of halogens is 1. The van der Waals surface area contributed by atoms with E-state index in [2.05, 4.69) is 33.2 Å². The van der Waals surface area contributed by atoms with Gasteiger partial charge in [0, 0.05) is 35.4 Å². The molecule has 16 heavy (non-hydrogen) atoms. The second kappa shape index (κ2) is 7.76. The molecule has 1 rings (SSSR count). The van der Waals surface area contributed by atoms with Gasteiger partial charge in [-0.3, -0.25) is 4.98 Å². The third-order valence-electron chi connectivity index (χ3n) is 2.32. The molecule has 1 aromatic heterocycles. The lowest BCUT2D eigenvalue weighted by Gasteiger charge is -2.15. The Morgan fingerprint density at radius 3 is 2.88 bits per heavy atom. The maximum absolute atomic E-state index is 5.53. The quantitative estimate of drug-likeness (QED) is 0.782. The predicted octanol–water partition coefficient (Wildman–Crippen LogP) is 2.40. The highest BCUT2D eigenvalue weighted by molar-refractivity contribution is 9.10. The van der Waals surface area contributed by atoms with Gasteiger partial charge in [-0.2, -0.15) is 0 Å². The highest BCUT2D eigenvalue weighted by Gasteiger charge is 2.08. The average Bonchev–Trinajstić information content (AvgIpc) is 2.31. The van der Waals surface area contributed by atoms with E-state index in [1.807, 2.05) is 25.4 Å². The summed E-state index contributed by atoms with van der Waals surface area (Å²) < 4.78 is 6.55. The molecule has 0 saturated heterocycles. The smallest absolute Gasteiger partial charge is 0.0623 e. The second-order valence-corrected chi connectivity index (χ2v) is 4.65. The van der Waals surface area contributed by atoms with Crippen LogP contribution in [0, 0.1) is 0 Å². The SMILES string of the molecule is CCCOCC(Cc1ccc(Br)cn1)NC. The van der Waals surface area contributed by atoms with Crippen LogP contribution in [0.4, 0.5) is 0 Å². The maximum atomic E-state index is 5.53. The Balaban J connectivity index is 2.40. The fourth-order valence-corrected chi connectivity index (χ4v) is 1.63. The highest BCUT2D eigenvalue weighted by atomic mass is 79.9. The molecule has 0 aliphatic carbocycles. The lowest BCUT2D eigenvalue weighted by molar-refractivity contribution is 0.113. The van der Waals surface area contributed by atoms with Gasteiger partial charge in [-0.15, -0.1) is 0 Å². The molecule has 3 nitrogen and oxygen atoms in total. The lowest BCUT2D eigenvalue weighted by Crippen LogP contribution is -2.32. The monoisotopic (exact) mass is 286 g/mol. The first-order valence-corrected chi connectivity index (χ1v) is 6.41. The zero-order valence-corrected chi connectivity index (χ0v) is 11.5. The van der Waals surface area contributed by atoms with Gasteiger partial charge in [0.05, 0.1) is 6.61 Å². The normalized spacial score (nSPS) is 12.7. The lowest BCUT2D eigenvalue weighted by atomic mass is 10.1. The number of hydrogen-bond acceptors (Lipinski definition) is 3. The molecule has 0 saturated carbocycles. The Morgan fingerprint density at radius 2 is 2.31 bits per heavy atom. The van der Waals surface area contributed by atoms with Gasteiger partial charge in [-0.05, 0) is 41.5 Å². The largest absolute Gasteiger partial charge is 0.380 e. The van der Waals surface area contributed by atoms with Crippen LogP contribution >= 0.6 is 15.9 Å². The standard InChI is InChI=1S/C12H19BrN2O/c1-3-6-16-9-12(14-2)7-11-5-4-10(13)8-15-11/h4-5,8,12,14H,3,6-7,9H2,1-2H3. The maximum Gasteiger partial charge on any atom is 0.0623 e. The van der Waals surface area contributed by atoms with Crippen molar-refractivity contribution in [1.29, 1.82) is 0 Å². The van der Waals surface area contributed by atoms with Gasteiger partial charge in [0.15, 0.2) is 0 Å². The van der Waals surface area contributed by atoms with Crippen molar-refractivity contribution in [3.8, 4) is 0 Å². The predicted molar refractivity (Wildman–Crippen MR) is 69.6 cm³/mol. The van der Waals surface area contributed by atoms with E-state index in [4.69, 9.17) is 4.74 Å². The van der Waals surface area contributed by atoms with E-state index >= 15 is 0 Å². The van der Waals surface area contributed by atoms with Crippen LogP contribution in [0.25, 0.3) is 0 Å². The van der Waals surface area contributed by atoms with Crippen LogP contribution in [0.5, 0.6) is 0 Å². The third kappa shape index (κ3) is 5.05. The molecular formula is C12H19BrN2O. The minimum Gasteiger partial charge on any atom is -0.380 e. The van der Waals surface area contributed by atoms with Crippen LogP contribution in [-0.4, -0.2) is 31.3 Å². The Morgan fingerprint density at radius 1 is 1.50 bits per heavy atom. The van der Waals surface area contributed by atoms with Crippen molar-refractivity contribution < 1.29 is 4.74 Å². The number of pyridine rings is 1. The van der Waals surface area contributed by atoms with Crippen molar-refractivity contribution >= 4 is 15.9 Å². The Labute approximate surface area is 106 Å². The number of ether oxygens (including phenoxy) is 1. The summed E-state index contributed by atoms with van der Waals surface area (Å²) in [4.78, 5) is 4.35. The molecule has 0 bridgehead atoms. The van der Waals surface area contributed by atoms with E-state index in [-0.39, 0.29) is 0 Å². The van der Waals surface area contributed by atoms with Gasteiger partial charge in [-0.1, -0.05) is 6.92 Å². The molecule has 0 radical (unpaired) electrons. The van der Waals surface area contributed by atoms with Crippen LogP contribution in [0.3, 0.4) is 0 Å². The fourth-order valence-electron chi connectivity index (χ4n) is 1.39. The number of nitrogens with one attached hydrogen (secondary N) is 1.